The highest BCUT2D eigenvalue weighted by atomic mass is 16.5. The molecule has 156 valence electrons. The number of hydrogen-bond acceptors (Lipinski definition) is 4. The van der Waals surface area contributed by atoms with Gasteiger partial charge in [-0.2, -0.15) is 0 Å². The van der Waals surface area contributed by atoms with Crippen molar-refractivity contribution >= 4 is 17.4 Å². The van der Waals surface area contributed by atoms with E-state index in [1.54, 1.807) is 17.0 Å². The Morgan fingerprint density at radius 1 is 1.10 bits per heavy atom. The number of aliphatic hydroxyl groups excluding tert-OH is 1. The van der Waals surface area contributed by atoms with Gasteiger partial charge in [-0.05, 0) is 44.4 Å². The molecular formula is C25H27NO4. The summed E-state index contributed by atoms with van der Waals surface area (Å²) in [7, 11) is 0. The number of Topliss-reactive ketones (excluding diaryl/α,β-unsaturated/α-hetero) is 1. The average molecular weight is 405 g/mol. The number of carbonyl (C=O) groups excluding carboxylic acids is 2. The highest BCUT2D eigenvalue weighted by Gasteiger charge is 2.49. The second-order valence-corrected chi connectivity index (χ2v) is 8.02. The number of nitrogens with zero attached hydrogens (tertiary/aromatic N) is 1. The fourth-order valence-electron chi connectivity index (χ4n) is 4.54. The van der Waals surface area contributed by atoms with Crippen LogP contribution in [-0.2, 0) is 9.59 Å². The Labute approximate surface area is 177 Å². The molecule has 1 unspecified atom stereocenters. The Morgan fingerprint density at radius 2 is 1.80 bits per heavy atom. The third-order valence-corrected chi connectivity index (χ3v) is 6.01. The minimum absolute atomic E-state index is 0.00511. The van der Waals surface area contributed by atoms with Gasteiger partial charge in [-0.1, -0.05) is 54.8 Å². The van der Waals surface area contributed by atoms with E-state index >= 15 is 0 Å². The summed E-state index contributed by atoms with van der Waals surface area (Å²) in [4.78, 5) is 27.9. The lowest BCUT2D eigenvalue weighted by atomic mass is 9.94. The van der Waals surface area contributed by atoms with Gasteiger partial charge in [0.25, 0.3) is 11.7 Å². The van der Waals surface area contributed by atoms with Crippen LogP contribution in [0.5, 0.6) is 5.75 Å². The Morgan fingerprint density at radius 3 is 2.47 bits per heavy atom. The number of hydrogen-bond donors (Lipinski definition) is 1. The maximum absolute atomic E-state index is 13.1. The van der Waals surface area contributed by atoms with Crippen molar-refractivity contribution in [3.8, 4) is 5.75 Å². The monoisotopic (exact) mass is 405 g/mol. The summed E-state index contributed by atoms with van der Waals surface area (Å²) in [6.07, 6.45) is 3.83. The molecular weight excluding hydrogens is 378 g/mol. The Balaban J connectivity index is 1.87. The number of ketones is 1. The van der Waals surface area contributed by atoms with Crippen molar-refractivity contribution in [3.63, 3.8) is 0 Å². The lowest BCUT2D eigenvalue weighted by Gasteiger charge is -2.31. The van der Waals surface area contributed by atoms with Gasteiger partial charge in [-0.3, -0.25) is 9.59 Å². The van der Waals surface area contributed by atoms with E-state index in [0.29, 0.717) is 17.9 Å². The topological polar surface area (TPSA) is 66.8 Å². The minimum atomic E-state index is -0.619. The van der Waals surface area contributed by atoms with Crippen LogP contribution in [0.4, 0.5) is 0 Å². The number of aryl methyl sites for hydroxylation is 1. The molecule has 1 saturated carbocycles. The number of amides is 1. The van der Waals surface area contributed by atoms with Crippen LogP contribution < -0.4 is 4.74 Å². The highest BCUT2D eigenvalue weighted by molar-refractivity contribution is 6.46. The molecule has 2 fully saturated rings. The Kier molecular flexibility index (Phi) is 5.62. The lowest BCUT2D eigenvalue weighted by molar-refractivity contribution is -0.141. The molecule has 2 aromatic carbocycles. The summed E-state index contributed by atoms with van der Waals surface area (Å²) in [5, 5.41) is 11.1. The van der Waals surface area contributed by atoms with Crippen LogP contribution in [0.1, 0.15) is 55.3 Å². The molecule has 1 heterocycles. The largest absolute Gasteiger partial charge is 0.507 e. The Hall–Kier alpha value is -3.08. The summed E-state index contributed by atoms with van der Waals surface area (Å²) in [5.74, 6) is -0.586. The van der Waals surface area contributed by atoms with Crippen LogP contribution in [-0.4, -0.2) is 34.3 Å². The number of benzene rings is 2. The van der Waals surface area contributed by atoms with Gasteiger partial charge < -0.3 is 14.7 Å². The molecule has 1 aliphatic heterocycles. The van der Waals surface area contributed by atoms with Gasteiger partial charge in [0.05, 0.1) is 18.2 Å². The molecule has 1 saturated heterocycles. The lowest BCUT2D eigenvalue weighted by Crippen LogP contribution is -2.37. The molecule has 1 aliphatic carbocycles. The second kappa shape index (κ2) is 8.34. The summed E-state index contributed by atoms with van der Waals surface area (Å²) < 4.78 is 5.65. The molecule has 0 bridgehead atoms. The third-order valence-electron chi connectivity index (χ3n) is 6.01. The zero-order valence-corrected chi connectivity index (χ0v) is 17.4. The molecule has 0 spiro atoms. The molecule has 1 atom stereocenters. The average Bonchev–Trinajstić information content (AvgIpc) is 3.36. The first-order valence-electron chi connectivity index (χ1n) is 10.6. The van der Waals surface area contributed by atoms with Gasteiger partial charge in [0.1, 0.15) is 11.5 Å². The smallest absolute Gasteiger partial charge is 0.295 e. The third kappa shape index (κ3) is 3.60. The number of likely N-dealkylation sites (tertiary alicyclic amines) is 1. The molecule has 4 rings (SSSR count). The Bertz CT molecular complexity index is 986. The maximum atomic E-state index is 13.1. The molecule has 30 heavy (non-hydrogen) atoms. The van der Waals surface area contributed by atoms with Crippen LogP contribution in [0, 0.1) is 6.92 Å². The molecule has 1 amide bonds. The van der Waals surface area contributed by atoms with Gasteiger partial charge in [0.2, 0.25) is 0 Å². The minimum Gasteiger partial charge on any atom is -0.507 e. The van der Waals surface area contributed by atoms with E-state index in [-0.39, 0.29) is 17.4 Å². The summed E-state index contributed by atoms with van der Waals surface area (Å²) >= 11 is 0. The van der Waals surface area contributed by atoms with Crippen LogP contribution in [0.25, 0.3) is 5.76 Å². The van der Waals surface area contributed by atoms with Crippen LogP contribution in [0.15, 0.2) is 54.1 Å². The van der Waals surface area contributed by atoms with E-state index < -0.39 is 17.7 Å². The predicted octanol–water partition coefficient (Wildman–Crippen LogP) is 4.76. The van der Waals surface area contributed by atoms with Gasteiger partial charge in [-0.15, -0.1) is 0 Å². The number of ether oxygens (including phenoxy) is 1. The van der Waals surface area contributed by atoms with Crippen LogP contribution >= 0.6 is 0 Å². The quantitative estimate of drug-likeness (QED) is 0.443. The standard InChI is InChI=1S/C25H27NO4/c1-3-30-20-10-6-7-18(15-20)22-21(23(27)17-13-11-16(2)12-14-17)24(28)25(29)26(22)19-8-4-5-9-19/h6-7,10-15,19,22,27H,3-5,8-9H2,1-2H3/b23-21-. The highest BCUT2D eigenvalue weighted by Crippen LogP contribution is 2.44. The van der Waals surface area contributed by atoms with Crippen molar-refractivity contribution in [2.75, 3.05) is 6.61 Å². The first-order chi connectivity index (χ1) is 14.5. The van der Waals surface area contributed by atoms with Crippen molar-refractivity contribution in [2.24, 2.45) is 0 Å². The SMILES string of the molecule is CCOc1cccc(C2/C(=C(/O)c3ccc(C)cc3)C(=O)C(=O)N2C2CCCC2)c1. The zero-order valence-electron chi connectivity index (χ0n) is 17.4. The number of aliphatic hydroxyl groups is 1. The van der Waals surface area contributed by atoms with E-state index in [0.717, 1.165) is 36.8 Å². The summed E-state index contributed by atoms with van der Waals surface area (Å²) in [5.41, 5.74) is 2.53. The predicted molar refractivity (Wildman–Crippen MR) is 115 cm³/mol. The molecule has 0 radical (unpaired) electrons. The zero-order chi connectivity index (χ0) is 21.3. The van der Waals surface area contributed by atoms with E-state index in [2.05, 4.69) is 0 Å². The van der Waals surface area contributed by atoms with Gasteiger partial charge in [0.15, 0.2) is 0 Å². The first-order valence-corrected chi connectivity index (χ1v) is 10.6. The molecule has 0 aromatic heterocycles. The first kappa shape index (κ1) is 20.2. The number of rotatable bonds is 5. The second-order valence-electron chi connectivity index (χ2n) is 8.02. The molecule has 5 heteroatoms. The van der Waals surface area contributed by atoms with Crippen molar-refractivity contribution in [1.82, 2.24) is 4.90 Å². The fourth-order valence-corrected chi connectivity index (χ4v) is 4.54. The van der Waals surface area contributed by atoms with E-state index in [1.165, 1.54) is 0 Å². The summed E-state index contributed by atoms with van der Waals surface area (Å²) in [6, 6.07) is 14.2. The fraction of sp³-hybridized carbons (Fsp3) is 0.360. The van der Waals surface area contributed by atoms with Crippen molar-refractivity contribution < 1.29 is 19.4 Å². The van der Waals surface area contributed by atoms with Crippen LogP contribution in [0.3, 0.4) is 0 Å². The van der Waals surface area contributed by atoms with Crippen molar-refractivity contribution in [3.05, 3.63) is 70.8 Å². The molecule has 1 N–H and O–H groups in total. The summed E-state index contributed by atoms with van der Waals surface area (Å²) in [6.45, 7) is 4.40. The van der Waals surface area contributed by atoms with E-state index in [9.17, 15) is 14.7 Å². The number of carbonyl (C=O) groups is 2. The molecule has 2 aromatic rings. The molecule has 5 nitrogen and oxygen atoms in total. The molecule has 2 aliphatic rings. The van der Waals surface area contributed by atoms with Gasteiger partial charge >= 0.3 is 0 Å². The van der Waals surface area contributed by atoms with Gasteiger partial charge in [-0.25, -0.2) is 0 Å². The van der Waals surface area contributed by atoms with Crippen molar-refractivity contribution in [1.29, 1.82) is 0 Å². The van der Waals surface area contributed by atoms with Crippen molar-refractivity contribution in [2.45, 2.75) is 51.6 Å². The van der Waals surface area contributed by atoms with Crippen LogP contribution in [0.2, 0.25) is 0 Å². The maximum Gasteiger partial charge on any atom is 0.295 e. The normalized spacial score (nSPS) is 21.4. The van der Waals surface area contributed by atoms with E-state index in [1.807, 2.05) is 50.2 Å². The van der Waals surface area contributed by atoms with Gasteiger partial charge in [0, 0.05) is 11.6 Å². The van der Waals surface area contributed by atoms with E-state index in [4.69, 9.17) is 4.74 Å².